The van der Waals surface area contributed by atoms with Gasteiger partial charge in [0.05, 0.1) is 6.61 Å². The topological polar surface area (TPSA) is 67.6 Å². The van der Waals surface area contributed by atoms with Gasteiger partial charge in [-0.3, -0.25) is 0 Å². The number of likely N-dealkylation sites (tertiary alicyclic amines) is 1. The number of rotatable bonds is 4. The van der Waals surface area contributed by atoms with E-state index in [1.54, 1.807) is 4.90 Å². The van der Waals surface area contributed by atoms with Crippen molar-refractivity contribution in [2.75, 3.05) is 25.1 Å². The molecule has 0 aromatic heterocycles. The largest absolute Gasteiger partial charge is 0.596 e. The molecule has 32 heavy (non-hydrogen) atoms. The van der Waals surface area contributed by atoms with Crippen LogP contribution in [-0.2, 0) is 17.6 Å². The third-order valence-electron chi connectivity index (χ3n) is 6.49. The van der Waals surface area contributed by atoms with Gasteiger partial charge in [-0.05, 0) is 61.4 Å². The highest BCUT2D eigenvalue weighted by molar-refractivity contribution is 6.32. The van der Waals surface area contributed by atoms with Crippen LogP contribution in [0.1, 0.15) is 41.5 Å². The number of hydrazine groups is 1. The minimum atomic E-state index is -0.277. The molecule has 1 saturated heterocycles. The van der Waals surface area contributed by atoms with Gasteiger partial charge in [0.1, 0.15) is 5.69 Å². The summed E-state index contributed by atoms with van der Waals surface area (Å²) in [6.45, 7) is 5.52. The number of ether oxygens (including phenoxy) is 1. The average Bonchev–Trinajstić information content (AvgIpc) is 2.95. The standard InChI is InChI=1S/C25H30ClN3O3/c1-17-15-19(16-18(2)24(17)26)11-14-32-25(30)28-12-9-21(10-13-28)23-8-7-20-5-3-4-6-22(20)27-29(23)31/h3-6,15-16,21,27H,7-14H2,1-2H3. The Morgan fingerprint density at radius 3 is 2.59 bits per heavy atom. The van der Waals surface area contributed by atoms with Crippen molar-refractivity contribution in [2.24, 2.45) is 5.92 Å². The minimum absolute atomic E-state index is 0.179. The molecule has 0 saturated carbocycles. The zero-order chi connectivity index (χ0) is 22.7. The number of fused-ring (bicyclic) bond motifs is 1. The number of nitrogens with one attached hydrogen (secondary N) is 1. The van der Waals surface area contributed by atoms with Crippen LogP contribution in [0.25, 0.3) is 0 Å². The maximum absolute atomic E-state index is 12.7. The molecule has 2 aromatic carbocycles. The minimum Gasteiger partial charge on any atom is -0.596 e. The maximum Gasteiger partial charge on any atom is 0.409 e. The van der Waals surface area contributed by atoms with Crippen molar-refractivity contribution in [3.8, 4) is 0 Å². The highest BCUT2D eigenvalue weighted by Gasteiger charge is 2.32. The van der Waals surface area contributed by atoms with E-state index in [-0.39, 0.29) is 12.0 Å². The van der Waals surface area contributed by atoms with Gasteiger partial charge in [0.2, 0.25) is 0 Å². The molecule has 0 radical (unpaired) electrons. The molecule has 2 aliphatic heterocycles. The molecule has 1 fully saturated rings. The molecule has 0 spiro atoms. The second-order valence-electron chi connectivity index (χ2n) is 8.72. The SMILES string of the molecule is Cc1cc(CCOC(=O)N2CCC(C3=[N+]([O-])Nc4ccccc4CC3)CC2)cc(C)c1Cl. The van der Waals surface area contributed by atoms with Crippen LogP contribution < -0.4 is 5.43 Å². The number of anilines is 1. The Bertz CT molecular complexity index is 1010. The first kappa shape index (κ1) is 22.5. The molecular formula is C25H30ClN3O3. The molecule has 0 aliphatic carbocycles. The number of hydrogen-bond acceptors (Lipinski definition) is 4. The lowest BCUT2D eigenvalue weighted by Crippen LogP contribution is -2.42. The Labute approximate surface area is 194 Å². The van der Waals surface area contributed by atoms with Gasteiger partial charge in [0, 0.05) is 36.9 Å². The number of benzene rings is 2. The molecule has 7 heteroatoms. The average molecular weight is 456 g/mol. The highest BCUT2D eigenvalue weighted by atomic mass is 35.5. The fourth-order valence-electron chi connectivity index (χ4n) is 4.69. The first-order chi connectivity index (χ1) is 15.4. The lowest BCUT2D eigenvalue weighted by Gasteiger charge is -2.30. The monoisotopic (exact) mass is 455 g/mol. The summed E-state index contributed by atoms with van der Waals surface area (Å²) in [4.78, 5) is 15.2. The number of amides is 1. The second-order valence-corrected chi connectivity index (χ2v) is 9.10. The molecule has 0 unspecified atom stereocenters. The number of nitrogens with zero attached hydrogens (tertiary/aromatic N) is 2. The van der Waals surface area contributed by atoms with Gasteiger partial charge in [0.25, 0.3) is 0 Å². The summed E-state index contributed by atoms with van der Waals surface area (Å²) in [5.41, 5.74) is 9.10. The normalized spacial score (nSPS) is 16.9. The third kappa shape index (κ3) is 5.01. The molecule has 0 bridgehead atoms. The van der Waals surface area contributed by atoms with Gasteiger partial charge >= 0.3 is 6.09 Å². The number of aryl methyl sites for hydroxylation is 3. The lowest BCUT2D eigenvalue weighted by molar-refractivity contribution is -0.426. The van der Waals surface area contributed by atoms with E-state index in [0.29, 0.717) is 26.1 Å². The molecular weight excluding hydrogens is 426 g/mol. The van der Waals surface area contributed by atoms with Crippen LogP contribution in [0, 0.1) is 25.0 Å². The Balaban J connectivity index is 1.27. The summed E-state index contributed by atoms with van der Waals surface area (Å²) in [6, 6.07) is 12.0. The van der Waals surface area contributed by atoms with Crippen LogP contribution in [0.3, 0.4) is 0 Å². The first-order valence-electron chi connectivity index (χ1n) is 11.3. The lowest BCUT2D eigenvalue weighted by atomic mass is 9.89. The van der Waals surface area contributed by atoms with Gasteiger partial charge < -0.3 is 14.8 Å². The molecule has 0 atom stereocenters. The maximum atomic E-state index is 12.7. The third-order valence-corrected chi connectivity index (χ3v) is 7.08. The fraction of sp³-hybridized carbons (Fsp3) is 0.440. The molecule has 2 heterocycles. The van der Waals surface area contributed by atoms with Crippen molar-refractivity contribution in [3.63, 3.8) is 0 Å². The van der Waals surface area contributed by atoms with Crippen molar-refractivity contribution in [3.05, 3.63) is 68.9 Å². The van der Waals surface area contributed by atoms with E-state index < -0.39 is 0 Å². The van der Waals surface area contributed by atoms with Crippen LogP contribution in [0.15, 0.2) is 36.4 Å². The van der Waals surface area contributed by atoms with Crippen molar-refractivity contribution in [1.82, 2.24) is 4.90 Å². The Morgan fingerprint density at radius 1 is 1.19 bits per heavy atom. The second kappa shape index (κ2) is 9.82. The first-order valence-corrected chi connectivity index (χ1v) is 11.6. The quantitative estimate of drug-likeness (QED) is 0.503. The fourth-order valence-corrected chi connectivity index (χ4v) is 4.79. The van der Waals surface area contributed by atoms with Crippen LogP contribution in [0.2, 0.25) is 5.02 Å². The van der Waals surface area contributed by atoms with Crippen molar-refractivity contribution in [1.29, 1.82) is 0 Å². The van der Waals surface area contributed by atoms with E-state index in [1.165, 1.54) is 0 Å². The predicted octanol–water partition coefficient (Wildman–Crippen LogP) is 5.27. The van der Waals surface area contributed by atoms with Crippen LogP contribution >= 0.6 is 11.6 Å². The Kier molecular flexibility index (Phi) is 6.89. The summed E-state index contributed by atoms with van der Waals surface area (Å²) in [7, 11) is 0. The Hall–Kier alpha value is -2.73. The number of piperidine rings is 1. The number of carbonyl (C=O) groups excluding carboxylic acids is 1. The van der Waals surface area contributed by atoms with E-state index in [1.807, 2.05) is 44.2 Å². The van der Waals surface area contributed by atoms with Gasteiger partial charge in [0.15, 0.2) is 5.71 Å². The predicted molar refractivity (Wildman–Crippen MR) is 127 cm³/mol. The molecule has 2 aliphatic rings. The summed E-state index contributed by atoms with van der Waals surface area (Å²) in [5.74, 6) is 0.179. The Morgan fingerprint density at radius 2 is 1.88 bits per heavy atom. The van der Waals surface area contributed by atoms with E-state index in [0.717, 1.165) is 69.2 Å². The number of para-hydroxylation sites is 1. The van der Waals surface area contributed by atoms with E-state index in [2.05, 4.69) is 11.5 Å². The van der Waals surface area contributed by atoms with E-state index in [9.17, 15) is 10.0 Å². The van der Waals surface area contributed by atoms with E-state index >= 15 is 0 Å². The van der Waals surface area contributed by atoms with Crippen molar-refractivity contribution in [2.45, 2.75) is 46.0 Å². The van der Waals surface area contributed by atoms with Gasteiger partial charge in [-0.15, -0.1) is 0 Å². The van der Waals surface area contributed by atoms with Crippen LogP contribution in [-0.4, -0.2) is 41.2 Å². The van der Waals surface area contributed by atoms with Crippen LogP contribution in [0.5, 0.6) is 0 Å². The van der Waals surface area contributed by atoms with Crippen molar-refractivity contribution < 1.29 is 14.4 Å². The zero-order valence-electron chi connectivity index (χ0n) is 18.7. The molecule has 1 N–H and O–H groups in total. The van der Waals surface area contributed by atoms with Gasteiger partial charge in [-0.25, -0.2) is 4.79 Å². The summed E-state index contributed by atoms with van der Waals surface area (Å²) in [5, 5.41) is 13.5. The van der Waals surface area contributed by atoms with Crippen LogP contribution in [0.4, 0.5) is 10.5 Å². The molecule has 6 nitrogen and oxygen atoms in total. The smallest absolute Gasteiger partial charge is 0.409 e. The van der Waals surface area contributed by atoms with Crippen molar-refractivity contribution >= 4 is 29.1 Å². The van der Waals surface area contributed by atoms with E-state index in [4.69, 9.17) is 16.3 Å². The summed E-state index contributed by atoms with van der Waals surface area (Å²) in [6.07, 6.45) is 3.52. The molecule has 2 aromatic rings. The molecule has 170 valence electrons. The van der Waals surface area contributed by atoms with Gasteiger partial charge in [-0.2, -0.15) is 5.43 Å². The zero-order valence-corrected chi connectivity index (χ0v) is 19.5. The number of carbonyl (C=O) groups is 1. The highest BCUT2D eigenvalue weighted by Crippen LogP contribution is 2.26. The number of hydrogen-bond donors (Lipinski definition) is 1. The molecule has 1 amide bonds. The summed E-state index contributed by atoms with van der Waals surface area (Å²) >= 11 is 6.22. The van der Waals surface area contributed by atoms with Gasteiger partial charge in [-0.1, -0.05) is 46.8 Å². The number of halogens is 1. The summed E-state index contributed by atoms with van der Waals surface area (Å²) < 4.78 is 5.52. The number of hydrazone groups is 1. The molecule has 4 rings (SSSR count).